The molecule has 8 nitrogen and oxygen atoms in total. The van der Waals surface area contributed by atoms with Gasteiger partial charge in [-0.2, -0.15) is 0 Å². The summed E-state index contributed by atoms with van der Waals surface area (Å²) in [4.78, 5) is 39.7. The van der Waals surface area contributed by atoms with Crippen molar-refractivity contribution in [2.75, 3.05) is 0 Å². The fourth-order valence-electron chi connectivity index (χ4n) is 1.63. The zero-order valence-electron chi connectivity index (χ0n) is 11.1. The number of hydrogen-bond donors (Lipinski definition) is 2. The molecule has 2 rings (SSSR count). The summed E-state index contributed by atoms with van der Waals surface area (Å²) in [6.07, 6.45) is 1.19. The van der Waals surface area contributed by atoms with Crippen LogP contribution in [-0.4, -0.2) is 30.7 Å². The highest BCUT2D eigenvalue weighted by Crippen LogP contribution is 2.39. The number of nitro groups is 1. The molecule has 2 aromatic rings. The van der Waals surface area contributed by atoms with E-state index in [4.69, 9.17) is 5.11 Å². The van der Waals surface area contributed by atoms with Gasteiger partial charge in [0.2, 0.25) is 0 Å². The number of thioether (sulfide) groups is 1. The van der Waals surface area contributed by atoms with Crippen molar-refractivity contribution in [3.63, 3.8) is 0 Å². The molecule has 0 atom stereocenters. The lowest BCUT2D eigenvalue weighted by Crippen LogP contribution is -2.27. The van der Waals surface area contributed by atoms with Gasteiger partial charge < -0.3 is 10.1 Å². The van der Waals surface area contributed by atoms with Crippen molar-refractivity contribution in [2.45, 2.75) is 23.5 Å². The minimum atomic E-state index is -1.25. The number of nitro benzene ring substituents is 1. The number of aromatic nitrogens is 2. The number of carboxylic acids is 1. The van der Waals surface area contributed by atoms with E-state index in [0.717, 1.165) is 17.8 Å². The van der Waals surface area contributed by atoms with Gasteiger partial charge in [0.1, 0.15) is 4.75 Å². The van der Waals surface area contributed by atoms with Gasteiger partial charge in [-0.05, 0) is 19.9 Å². The predicted molar refractivity (Wildman–Crippen MR) is 76.6 cm³/mol. The van der Waals surface area contributed by atoms with Crippen LogP contribution in [0.15, 0.2) is 28.2 Å². The van der Waals surface area contributed by atoms with Crippen LogP contribution in [0.4, 0.5) is 5.69 Å². The number of aliphatic carboxylic acids is 1. The van der Waals surface area contributed by atoms with Crippen molar-refractivity contribution >= 4 is 34.3 Å². The Balaban J connectivity index is 2.67. The third-order valence-electron chi connectivity index (χ3n) is 2.80. The van der Waals surface area contributed by atoms with E-state index >= 15 is 0 Å². The van der Waals surface area contributed by atoms with Crippen molar-refractivity contribution in [1.82, 2.24) is 9.97 Å². The molecule has 110 valence electrons. The van der Waals surface area contributed by atoms with E-state index in [1.807, 2.05) is 0 Å². The molecular weight excluding hydrogens is 298 g/mol. The van der Waals surface area contributed by atoms with Crippen molar-refractivity contribution in [1.29, 1.82) is 0 Å². The van der Waals surface area contributed by atoms with Crippen LogP contribution in [0.1, 0.15) is 13.8 Å². The molecule has 0 bridgehead atoms. The molecule has 1 aromatic heterocycles. The number of hydrogen-bond acceptors (Lipinski definition) is 6. The van der Waals surface area contributed by atoms with E-state index in [0.29, 0.717) is 0 Å². The standard InChI is InChI=1S/C12H11N3O5S/c1-12(2,11(17)18)21-9-4-7-6(3-8(9)15(19)20)10(16)14-5-13-7/h3-5H,1-2H3,(H,17,18)(H,13,14,16). The molecule has 0 saturated heterocycles. The first-order valence-electron chi connectivity index (χ1n) is 5.80. The Labute approximate surface area is 122 Å². The Morgan fingerprint density at radius 1 is 1.48 bits per heavy atom. The molecule has 0 amide bonds. The average molecular weight is 309 g/mol. The number of carbonyl (C=O) groups is 1. The van der Waals surface area contributed by atoms with Crippen molar-refractivity contribution < 1.29 is 14.8 Å². The number of nitrogens with zero attached hydrogens (tertiary/aromatic N) is 2. The Kier molecular flexibility index (Phi) is 3.69. The van der Waals surface area contributed by atoms with E-state index in [-0.39, 0.29) is 21.5 Å². The summed E-state index contributed by atoms with van der Waals surface area (Å²) in [7, 11) is 0. The van der Waals surface area contributed by atoms with Crippen LogP contribution in [0, 0.1) is 10.1 Å². The van der Waals surface area contributed by atoms with Crippen LogP contribution in [0.2, 0.25) is 0 Å². The first kappa shape index (κ1) is 15.0. The van der Waals surface area contributed by atoms with Gasteiger partial charge in [0.15, 0.2) is 0 Å². The third-order valence-corrected chi connectivity index (χ3v) is 4.03. The van der Waals surface area contributed by atoms with Gasteiger partial charge >= 0.3 is 5.97 Å². The normalized spacial score (nSPS) is 11.5. The maximum absolute atomic E-state index is 11.6. The fraction of sp³-hybridized carbons (Fsp3) is 0.250. The van der Waals surface area contributed by atoms with Crippen molar-refractivity contribution in [3.8, 4) is 0 Å². The maximum atomic E-state index is 11.6. The lowest BCUT2D eigenvalue weighted by atomic mass is 10.2. The molecule has 0 unspecified atom stereocenters. The minimum absolute atomic E-state index is 0.0849. The number of benzene rings is 1. The Bertz CT molecular complexity index is 799. The summed E-state index contributed by atoms with van der Waals surface area (Å²) in [6, 6.07) is 2.47. The van der Waals surface area contributed by atoms with E-state index in [1.165, 1.54) is 26.2 Å². The Morgan fingerprint density at radius 3 is 2.71 bits per heavy atom. The highest BCUT2D eigenvalue weighted by Gasteiger charge is 2.32. The van der Waals surface area contributed by atoms with Crippen LogP contribution in [-0.2, 0) is 4.79 Å². The lowest BCUT2D eigenvalue weighted by Gasteiger charge is -2.18. The highest BCUT2D eigenvalue weighted by molar-refractivity contribution is 8.01. The summed E-state index contributed by atoms with van der Waals surface area (Å²) < 4.78 is -1.25. The van der Waals surface area contributed by atoms with Crippen molar-refractivity contribution in [2.24, 2.45) is 0 Å². The summed E-state index contributed by atoms with van der Waals surface area (Å²) >= 11 is 0.836. The zero-order valence-corrected chi connectivity index (χ0v) is 11.9. The predicted octanol–water partition coefficient (Wildman–Crippen LogP) is 1.79. The number of nitrogens with one attached hydrogen (secondary N) is 1. The van der Waals surface area contributed by atoms with Crippen LogP contribution < -0.4 is 5.56 Å². The van der Waals surface area contributed by atoms with E-state index in [9.17, 15) is 19.7 Å². The number of carboxylic acid groups (broad SMARTS) is 1. The van der Waals surface area contributed by atoms with E-state index < -0.39 is 21.2 Å². The SMILES string of the molecule is CC(C)(Sc1cc2nc[nH]c(=O)c2cc1[N+](=O)[O-])C(=O)O. The van der Waals surface area contributed by atoms with Crippen LogP contribution in [0.5, 0.6) is 0 Å². The van der Waals surface area contributed by atoms with Crippen LogP contribution >= 0.6 is 11.8 Å². The number of fused-ring (bicyclic) bond motifs is 1. The Morgan fingerprint density at radius 2 is 2.14 bits per heavy atom. The summed E-state index contributed by atoms with van der Waals surface area (Å²) in [5.41, 5.74) is -0.537. The Hall–Kier alpha value is -2.42. The molecule has 0 radical (unpaired) electrons. The monoisotopic (exact) mass is 309 g/mol. The molecular formula is C12H11N3O5S. The zero-order chi connectivity index (χ0) is 15.8. The number of rotatable bonds is 4. The molecule has 21 heavy (non-hydrogen) atoms. The van der Waals surface area contributed by atoms with Gasteiger partial charge in [0.05, 0.1) is 27.0 Å². The first-order chi connectivity index (χ1) is 9.72. The topological polar surface area (TPSA) is 126 Å². The molecule has 0 aliphatic carbocycles. The largest absolute Gasteiger partial charge is 0.480 e. The lowest BCUT2D eigenvalue weighted by molar-refractivity contribution is -0.387. The summed E-state index contributed by atoms with van der Waals surface area (Å²) in [6.45, 7) is 2.89. The molecule has 0 spiro atoms. The maximum Gasteiger partial charge on any atom is 0.319 e. The van der Waals surface area contributed by atoms with E-state index in [1.54, 1.807) is 0 Å². The molecule has 0 aliphatic heterocycles. The number of aromatic amines is 1. The van der Waals surface area contributed by atoms with Gasteiger partial charge in [-0.3, -0.25) is 19.7 Å². The molecule has 0 aliphatic rings. The molecule has 0 saturated carbocycles. The molecule has 0 fully saturated rings. The molecule has 1 heterocycles. The van der Waals surface area contributed by atoms with Gasteiger partial charge in [-0.25, -0.2) is 4.98 Å². The van der Waals surface area contributed by atoms with Gasteiger partial charge in [0, 0.05) is 6.07 Å². The van der Waals surface area contributed by atoms with Crippen molar-refractivity contribution in [3.05, 3.63) is 38.9 Å². The molecule has 1 aromatic carbocycles. The van der Waals surface area contributed by atoms with E-state index in [2.05, 4.69) is 9.97 Å². The van der Waals surface area contributed by atoms with Crippen LogP contribution in [0.3, 0.4) is 0 Å². The molecule has 2 N–H and O–H groups in total. The smallest absolute Gasteiger partial charge is 0.319 e. The minimum Gasteiger partial charge on any atom is -0.480 e. The summed E-state index contributed by atoms with van der Waals surface area (Å²) in [5, 5.41) is 20.4. The third kappa shape index (κ3) is 2.87. The fourth-order valence-corrected chi connectivity index (χ4v) is 2.67. The number of H-pyrrole nitrogens is 1. The average Bonchev–Trinajstić information content (AvgIpc) is 2.37. The summed E-state index contributed by atoms with van der Waals surface area (Å²) in [5.74, 6) is -1.10. The quantitative estimate of drug-likeness (QED) is 0.500. The van der Waals surface area contributed by atoms with Gasteiger partial charge in [-0.15, -0.1) is 11.8 Å². The second-order valence-electron chi connectivity index (χ2n) is 4.74. The van der Waals surface area contributed by atoms with Crippen LogP contribution in [0.25, 0.3) is 10.9 Å². The van der Waals surface area contributed by atoms with Gasteiger partial charge in [0.25, 0.3) is 11.2 Å². The highest BCUT2D eigenvalue weighted by atomic mass is 32.2. The first-order valence-corrected chi connectivity index (χ1v) is 6.62. The second kappa shape index (κ2) is 5.17. The van der Waals surface area contributed by atoms with Gasteiger partial charge in [-0.1, -0.05) is 0 Å². The second-order valence-corrected chi connectivity index (χ2v) is 6.41. The molecule has 9 heteroatoms.